The van der Waals surface area contributed by atoms with E-state index in [2.05, 4.69) is 23.2 Å². The molecule has 4 rings (SSSR count). The summed E-state index contributed by atoms with van der Waals surface area (Å²) in [4.78, 5) is 7.12. The van der Waals surface area contributed by atoms with Crippen LogP contribution in [0.4, 0.5) is 11.5 Å². The molecule has 0 bridgehead atoms. The van der Waals surface area contributed by atoms with Crippen molar-refractivity contribution in [3.8, 4) is 11.4 Å². The molecule has 6 nitrogen and oxygen atoms in total. The van der Waals surface area contributed by atoms with E-state index < -0.39 is 0 Å². The van der Waals surface area contributed by atoms with E-state index >= 15 is 0 Å². The highest BCUT2D eigenvalue weighted by Crippen LogP contribution is 2.29. The molecule has 0 amide bonds. The summed E-state index contributed by atoms with van der Waals surface area (Å²) in [6.45, 7) is 6.10. The van der Waals surface area contributed by atoms with Crippen LogP contribution < -0.4 is 16.0 Å². The summed E-state index contributed by atoms with van der Waals surface area (Å²) in [7, 11) is 0. The Kier molecular flexibility index (Phi) is 4.28. The van der Waals surface area contributed by atoms with Gasteiger partial charge in [-0.25, -0.2) is 4.98 Å². The molecule has 0 unspecified atom stereocenters. The van der Waals surface area contributed by atoms with Gasteiger partial charge in [-0.05, 0) is 18.1 Å². The van der Waals surface area contributed by atoms with Crippen molar-refractivity contribution < 1.29 is 0 Å². The number of nitrogens with zero attached hydrogens (tertiary/aromatic N) is 4. The van der Waals surface area contributed by atoms with Crippen LogP contribution in [0.5, 0.6) is 0 Å². The molecule has 1 aliphatic rings. The fourth-order valence-electron chi connectivity index (χ4n) is 3.48. The van der Waals surface area contributed by atoms with Crippen molar-refractivity contribution >= 4 is 17.2 Å². The molecule has 0 atom stereocenters. The minimum Gasteiger partial charge on any atom is -0.396 e. The summed E-state index contributed by atoms with van der Waals surface area (Å²) in [5.41, 5.74) is 10.0. The summed E-state index contributed by atoms with van der Waals surface area (Å²) in [5.74, 6) is 1.86. The van der Waals surface area contributed by atoms with E-state index in [9.17, 15) is 0 Å². The molecule has 130 valence electrons. The first kappa shape index (κ1) is 15.9. The van der Waals surface area contributed by atoms with Gasteiger partial charge in [0.05, 0.1) is 5.69 Å². The predicted octanol–water partition coefficient (Wildman–Crippen LogP) is 2.34. The van der Waals surface area contributed by atoms with Gasteiger partial charge in [0.15, 0.2) is 11.5 Å². The minimum absolute atomic E-state index is 0.692. The number of hydrogen-bond acceptors (Lipinski definition) is 5. The van der Waals surface area contributed by atoms with Crippen molar-refractivity contribution in [1.82, 2.24) is 19.9 Å². The lowest BCUT2D eigenvalue weighted by atomic mass is 10.1. The van der Waals surface area contributed by atoms with Crippen LogP contribution in [0.2, 0.25) is 0 Å². The second kappa shape index (κ2) is 6.72. The van der Waals surface area contributed by atoms with Crippen molar-refractivity contribution in [2.24, 2.45) is 0 Å². The molecule has 25 heavy (non-hydrogen) atoms. The normalized spacial score (nSPS) is 15.0. The van der Waals surface area contributed by atoms with Crippen LogP contribution in [0, 0.1) is 0 Å². The number of anilines is 2. The number of aryl methyl sites for hydroxylation is 1. The first-order chi connectivity index (χ1) is 12.3. The summed E-state index contributed by atoms with van der Waals surface area (Å²) in [6, 6.07) is 12.2. The highest BCUT2D eigenvalue weighted by atomic mass is 15.4. The van der Waals surface area contributed by atoms with E-state index in [0.717, 1.165) is 61.9 Å². The molecule has 3 heterocycles. The Balaban J connectivity index is 1.91. The number of nitrogens with one attached hydrogen (secondary N) is 1. The van der Waals surface area contributed by atoms with Crippen molar-refractivity contribution in [3.63, 3.8) is 0 Å². The Bertz CT molecular complexity index is 865. The van der Waals surface area contributed by atoms with E-state index in [-0.39, 0.29) is 0 Å². The van der Waals surface area contributed by atoms with Crippen LogP contribution >= 0.6 is 0 Å². The number of hydrogen-bond donors (Lipinski definition) is 2. The zero-order valence-corrected chi connectivity index (χ0v) is 14.6. The number of piperazine rings is 1. The van der Waals surface area contributed by atoms with Gasteiger partial charge in [-0.3, -0.25) is 0 Å². The number of benzene rings is 1. The lowest BCUT2D eigenvalue weighted by Crippen LogP contribution is -2.44. The zero-order valence-electron chi connectivity index (χ0n) is 14.6. The quantitative estimate of drug-likeness (QED) is 0.765. The van der Waals surface area contributed by atoms with Crippen molar-refractivity contribution in [2.75, 3.05) is 36.8 Å². The van der Waals surface area contributed by atoms with E-state index in [0.29, 0.717) is 5.69 Å². The second-order valence-electron chi connectivity index (χ2n) is 6.47. The largest absolute Gasteiger partial charge is 0.396 e. The summed E-state index contributed by atoms with van der Waals surface area (Å²) in [6.07, 6.45) is 2.06. The second-order valence-corrected chi connectivity index (χ2v) is 6.47. The molecule has 1 aromatic carbocycles. The molecule has 6 heteroatoms. The predicted molar refractivity (Wildman–Crippen MR) is 102 cm³/mol. The van der Waals surface area contributed by atoms with E-state index in [4.69, 9.17) is 15.8 Å². The molecule has 1 fully saturated rings. The van der Waals surface area contributed by atoms with Gasteiger partial charge in [-0.2, -0.15) is 4.52 Å². The van der Waals surface area contributed by atoms with E-state index in [1.807, 2.05) is 34.8 Å². The van der Waals surface area contributed by atoms with Crippen LogP contribution in [-0.2, 0) is 6.42 Å². The smallest absolute Gasteiger partial charge is 0.182 e. The summed E-state index contributed by atoms with van der Waals surface area (Å²) < 4.78 is 1.95. The van der Waals surface area contributed by atoms with Crippen LogP contribution in [0.1, 0.15) is 18.9 Å². The van der Waals surface area contributed by atoms with Crippen LogP contribution in [0.3, 0.4) is 0 Å². The molecule has 0 spiro atoms. The molecule has 0 aliphatic carbocycles. The van der Waals surface area contributed by atoms with Crippen molar-refractivity contribution in [2.45, 2.75) is 19.8 Å². The van der Waals surface area contributed by atoms with Gasteiger partial charge in [0.1, 0.15) is 5.82 Å². The Morgan fingerprint density at radius 3 is 2.64 bits per heavy atom. The molecule has 0 saturated carbocycles. The van der Waals surface area contributed by atoms with Gasteiger partial charge < -0.3 is 16.0 Å². The third-order valence-electron chi connectivity index (χ3n) is 4.65. The first-order valence-electron chi connectivity index (χ1n) is 8.97. The van der Waals surface area contributed by atoms with Crippen molar-refractivity contribution in [3.05, 3.63) is 42.0 Å². The minimum atomic E-state index is 0.692. The lowest BCUT2D eigenvalue weighted by molar-refractivity contribution is 0.578. The highest BCUT2D eigenvalue weighted by molar-refractivity contribution is 5.73. The van der Waals surface area contributed by atoms with Crippen LogP contribution in [-0.4, -0.2) is 40.8 Å². The fourth-order valence-corrected chi connectivity index (χ4v) is 3.48. The van der Waals surface area contributed by atoms with E-state index in [1.54, 1.807) is 0 Å². The maximum Gasteiger partial charge on any atom is 0.182 e. The molecule has 0 radical (unpaired) electrons. The molecular weight excluding hydrogens is 312 g/mol. The van der Waals surface area contributed by atoms with Gasteiger partial charge in [-0.1, -0.05) is 43.7 Å². The summed E-state index contributed by atoms with van der Waals surface area (Å²) in [5, 5.41) is 8.24. The maximum absolute atomic E-state index is 6.32. The average molecular weight is 336 g/mol. The SMILES string of the molecule is CCCc1cc(N)c2nc(-c3ccccc3)nn2c1N1CCNCC1. The number of fused-ring (bicyclic) bond motifs is 1. The number of nitrogens with two attached hydrogens (primary N) is 1. The van der Waals surface area contributed by atoms with Crippen molar-refractivity contribution in [1.29, 1.82) is 0 Å². The Hall–Kier alpha value is -2.60. The average Bonchev–Trinajstić information content (AvgIpc) is 3.09. The van der Waals surface area contributed by atoms with E-state index in [1.165, 1.54) is 5.56 Å². The van der Waals surface area contributed by atoms with Gasteiger partial charge in [-0.15, -0.1) is 5.10 Å². The zero-order chi connectivity index (χ0) is 17.2. The lowest BCUT2D eigenvalue weighted by Gasteiger charge is -2.31. The Morgan fingerprint density at radius 1 is 1.16 bits per heavy atom. The molecule has 2 aromatic heterocycles. The molecular formula is C19H24N6. The third-order valence-corrected chi connectivity index (χ3v) is 4.65. The standard InChI is InChI=1S/C19H24N6/c1-2-6-15-13-16(20)18-22-17(14-7-4-3-5-8-14)23-25(18)19(15)24-11-9-21-10-12-24/h3-5,7-8,13,21H,2,6,9-12,20H2,1H3. The fraction of sp³-hybridized carbons (Fsp3) is 0.368. The maximum atomic E-state index is 6.32. The van der Waals surface area contributed by atoms with Gasteiger partial charge in [0.2, 0.25) is 0 Å². The van der Waals surface area contributed by atoms with Crippen LogP contribution in [0.15, 0.2) is 36.4 Å². The topological polar surface area (TPSA) is 71.5 Å². The number of nitrogen functional groups attached to an aromatic ring is 1. The van der Waals surface area contributed by atoms with Gasteiger partial charge in [0, 0.05) is 31.7 Å². The Morgan fingerprint density at radius 2 is 1.92 bits per heavy atom. The molecule has 3 N–H and O–H groups in total. The first-order valence-corrected chi connectivity index (χ1v) is 8.97. The highest BCUT2D eigenvalue weighted by Gasteiger charge is 2.21. The number of rotatable bonds is 4. The van der Waals surface area contributed by atoms with Gasteiger partial charge >= 0.3 is 0 Å². The third kappa shape index (κ3) is 2.93. The Labute approximate surface area is 147 Å². The monoisotopic (exact) mass is 336 g/mol. The molecule has 1 saturated heterocycles. The number of aromatic nitrogens is 3. The van der Waals surface area contributed by atoms with Gasteiger partial charge in [0.25, 0.3) is 0 Å². The van der Waals surface area contributed by atoms with Crippen LogP contribution in [0.25, 0.3) is 17.0 Å². The summed E-state index contributed by atoms with van der Waals surface area (Å²) >= 11 is 0. The molecule has 1 aliphatic heterocycles. The number of pyridine rings is 1. The molecule has 3 aromatic rings.